The van der Waals surface area contributed by atoms with Crippen molar-refractivity contribution in [1.82, 2.24) is 4.90 Å². The summed E-state index contributed by atoms with van der Waals surface area (Å²) in [5.41, 5.74) is 1.19. The zero-order chi connectivity index (χ0) is 18.7. The van der Waals surface area contributed by atoms with Crippen LogP contribution in [-0.2, 0) is 9.59 Å². The first-order chi connectivity index (χ1) is 11.9. The molecule has 1 aliphatic rings. The molecule has 1 aromatic rings. The lowest BCUT2D eigenvalue weighted by atomic mass is 10.2. The predicted molar refractivity (Wildman–Crippen MR) is 93.4 cm³/mol. The zero-order valence-corrected chi connectivity index (χ0v) is 14.9. The summed E-state index contributed by atoms with van der Waals surface area (Å²) < 4.78 is 11.2. The van der Waals surface area contributed by atoms with E-state index < -0.39 is 11.9 Å². The summed E-state index contributed by atoms with van der Waals surface area (Å²) >= 11 is 0. The second kappa shape index (κ2) is 11.3. The number of rotatable bonds is 5. The Kier molecular flexibility index (Phi) is 9.39. The number of aliphatic carboxylic acids is 2. The molecular weight excluding hydrogens is 326 g/mol. The summed E-state index contributed by atoms with van der Waals surface area (Å²) in [5.74, 6) is -1.97. The third kappa shape index (κ3) is 8.39. The predicted octanol–water partition coefficient (Wildman–Crippen LogP) is 2.41. The van der Waals surface area contributed by atoms with Crippen molar-refractivity contribution in [3.05, 3.63) is 23.8 Å². The monoisotopic (exact) mass is 353 g/mol. The summed E-state index contributed by atoms with van der Waals surface area (Å²) in [5, 5.41) is 14.8. The van der Waals surface area contributed by atoms with Crippen LogP contribution in [0.25, 0.3) is 0 Å². The van der Waals surface area contributed by atoms with Gasteiger partial charge in [-0.25, -0.2) is 9.59 Å². The summed E-state index contributed by atoms with van der Waals surface area (Å²) in [6, 6.07) is 6.07. The van der Waals surface area contributed by atoms with Crippen LogP contribution in [-0.4, -0.2) is 60.4 Å². The Labute approximate surface area is 148 Å². The van der Waals surface area contributed by atoms with Gasteiger partial charge in [-0.1, -0.05) is 18.9 Å². The van der Waals surface area contributed by atoms with Crippen molar-refractivity contribution in [2.75, 3.05) is 33.4 Å². The summed E-state index contributed by atoms with van der Waals surface area (Å²) in [4.78, 5) is 20.7. The van der Waals surface area contributed by atoms with Crippen LogP contribution < -0.4 is 9.47 Å². The number of carboxylic acid groups (broad SMARTS) is 2. The van der Waals surface area contributed by atoms with E-state index in [1.807, 2.05) is 12.1 Å². The van der Waals surface area contributed by atoms with Gasteiger partial charge in [0.15, 0.2) is 11.5 Å². The van der Waals surface area contributed by atoms with Crippen LogP contribution in [0.2, 0.25) is 0 Å². The quantitative estimate of drug-likeness (QED) is 0.785. The number of aryl methyl sites for hydroxylation is 1. The number of likely N-dealkylation sites (tertiary alicyclic amines) is 1. The lowest BCUT2D eigenvalue weighted by Gasteiger charge is -2.20. The first-order valence-electron chi connectivity index (χ1n) is 8.40. The highest BCUT2D eigenvalue weighted by Gasteiger charge is 2.10. The molecule has 2 N–H and O–H groups in total. The first-order valence-corrected chi connectivity index (χ1v) is 8.40. The fourth-order valence-electron chi connectivity index (χ4n) is 2.54. The molecule has 0 aliphatic carbocycles. The Morgan fingerprint density at radius 3 is 2.16 bits per heavy atom. The molecule has 7 nitrogen and oxygen atoms in total. The van der Waals surface area contributed by atoms with E-state index in [0.29, 0.717) is 0 Å². The Balaban J connectivity index is 0.000000450. The van der Waals surface area contributed by atoms with Crippen molar-refractivity contribution in [2.24, 2.45) is 0 Å². The lowest BCUT2D eigenvalue weighted by molar-refractivity contribution is -0.159. The molecule has 0 unspecified atom stereocenters. The molecule has 0 radical (unpaired) electrons. The van der Waals surface area contributed by atoms with Gasteiger partial charge in [-0.2, -0.15) is 0 Å². The molecular formula is C18H27NO6. The standard InChI is InChI=1S/C16H25NO2.C2H2O4/c1-14-7-8-15(16(13-14)18-2)19-12-11-17-9-5-3-4-6-10-17;3-1(4)2(5)6/h7-8,13H,3-6,9-12H2,1-2H3;(H,3,4)(H,5,6). The third-order valence-electron chi connectivity index (χ3n) is 3.87. The van der Waals surface area contributed by atoms with Gasteiger partial charge in [0.05, 0.1) is 7.11 Å². The molecule has 1 fully saturated rings. The van der Waals surface area contributed by atoms with E-state index in [-0.39, 0.29) is 0 Å². The first kappa shape index (κ1) is 20.8. The number of carboxylic acids is 2. The number of methoxy groups -OCH3 is 1. The van der Waals surface area contributed by atoms with Crippen molar-refractivity contribution in [3.63, 3.8) is 0 Å². The molecule has 0 aromatic heterocycles. The van der Waals surface area contributed by atoms with E-state index in [1.54, 1.807) is 7.11 Å². The minimum Gasteiger partial charge on any atom is -0.493 e. The van der Waals surface area contributed by atoms with Crippen LogP contribution in [0.3, 0.4) is 0 Å². The largest absolute Gasteiger partial charge is 0.493 e. The molecule has 25 heavy (non-hydrogen) atoms. The van der Waals surface area contributed by atoms with E-state index in [9.17, 15) is 0 Å². The maximum atomic E-state index is 9.10. The molecule has 2 rings (SSSR count). The van der Waals surface area contributed by atoms with Gasteiger partial charge < -0.3 is 19.7 Å². The van der Waals surface area contributed by atoms with Crippen LogP contribution in [0, 0.1) is 6.92 Å². The van der Waals surface area contributed by atoms with E-state index in [2.05, 4.69) is 17.9 Å². The Morgan fingerprint density at radius 2 is 1.64 bits per heavy atom. The van der Waals surface area contributed by atoms with E-state index in [1.165, 1.54) is 44.3 Å². The number of carbonyl (C=O) groups is 2. The highest BCUT2D eigenvalue weighted by molar-refractivity contribution is 6.27. The Bertz CT molecular complexity index is 540. The van der Waals surface area contributed by atoms with E-state index in [0.717, 1.165) is 24.7 Å². The fraction of sp³-hybridized carbons (Fsp3) is 0.556. The Hall–Kier alpha value is -2.28. The van der Waals surface area contributed by atoms with E-state index >= 15 is 0 Å². The normalized spacial score (nSPS) is 14.6. The number of ether oxygens (including phenoxy) is 2. The molecule has 7 heteroatoms. The van der Waals surface area contributed by atoms with Crippen molar-refractivity contribution in [1.29, 1.82) is 0 Å². The second-order valence-electron chi connectivity index (χ2n) is 5.87. The maximum absolute atomic E-state index is 9.10. The molecule has 0 atom stereocenters. The molecule has 1 aliphatic heterocycles. The van der Waals surface area contributed by atoms with Crippen molar-refractivity contribution >= 4 is 11.9 Å². The molecule has 0 saturated carbocycles. The van der Waals surface area contributed by atoms with Gasteiger partial charge in [0.2, 0.25) is 0 Å². The van der Waals surface area contributed by atoms with Gasteiger partial charge in [0, 0.05) is 6.54 Å². The topological polar surface area (TPSA) is 96.3 Å². The maximum Gasteiger partial charge on any atom is 0.414 e. The summed E-state index contributed by atoms with van der Waals surface area (Å²) in [6.45, 7) is 6.24. The molecule has 0 amide bonds. The van der Waals surface area contributed by atoms with Crippen molar-refractivity contribution in [2.45, 2.75) is 32.6 Å². The lowest BCUT2D eigenvalue weighted by Crippen LogP contribution is -2.29. The van der Waals surface area contributed by atoms with Crippen LogP contribution in [0.15, 0.2) is 18.2 Å². The minimum absolute atomic E-state index is 0.736. The fourth-order valence-corrected chi connectivity index (χ4v) is 2.54. The smallest absolute Gasteiger partial charge is 0.414 e. The number of nitrogens with zero attached hydrogens (tertiary/aromatic N) is 1. The van der Waals surface area contributed by atoms with Gasteiger partial charge in [0.25, 0.3) is 0 Å². The van der Waals surface area contributed by atoms with Crippen molar-refractivity contribution in [3.8, 4) is 11.5 Å². The SMILES string of the molecule is COc1cc(C)ccc1OCCN1CCCCCC1.O=C(O)C(=O)O. The number of hydrogen-bond acceptors (Lipinski definition) is 5. The molecule has 0 bridgehead atoms. The summed E-state index contributed by atoms with van der Waals surface area (Å²) in [6.07, 6.45) is 5.41. The minimum atomic E-state index is -1.82. The third-order valence-corrected chi connectivity index (χ3v) is 3.87. The average molecular weight is 353 g/mol. The van der Waals surface area contributed by atoms with Gasteiger partial charge in [-0.05, 0) is 50.6 Å². The number of hydrogen-bond donors (Lipinski definition) is 2. The molecule has 0 spiro atoms. The van der Waals surface area contributed by atoms with Gasteiger partial charge in [-0.15, -0.1) is 0 Å². The van der Waals surface area contributed by atoms with Crippen molar-refractivity contribution < 1.29 is 29.3 Å². The van der Waals surface area contributed by atoms with Crippen LogP contribution >= 0.6 is 0 Å². The average Bonchev–Trinajstić information content (AvgIpc) is 2.85. The van der Waals surface area contributed by atoms with Crippen LogP contribution in [0.4, 0.5) is 0 Å². The zero-order valence-electron chi connectivity index (χ0n) is 14.9. The molecule has 140 valence electrons. The van der Waals surface area contributed by atoms with Crippen LogP contribution in [0.5, 0.6) is 11.5 Å². The highest BCUT2D eigenvalue weighted by atomic mass is 16.5. The van der Waals surface area contributed by atoms with Gasteiger partial charge in [-0.3, -0.25) is 4.90 Å². The van der Waals surface area contributed by atoms with E-state index in [4.69, 9.17) is 29.3 Å². The highest BCUT2D eigenvalue weighted by Crippen LogP contribution is 2.27. The molecule has 1 aromatic carbocycles. The molecule has 1 heterocycles. The van der Waals surface area contributed by atoms with Crippen LogP contribution in [0.1, 0.15) is 31.2 Å². The van der Waals surface area contributed by atoms with Gasteiger partial charge >= 0.3 is 11.9 Å². The van der Waals surface area contributed by atoms with Gasteiger partial charge in [0.1, 0.15) is 6.61 Å². The second-order valence-corrected chi connectivity index (χ2v) is 5.87. The molecule has 1 saturated heterocycles. The number of benzene rings is 1. The summed E-state index contributed by atoms with van der Waals surface area (Å²) in [7, 11) is 1.69. The Morgan fingerprint density at radius 1 is 1.04 bits per heavy atom.